The van der Waals surface area contributed by atoms with Crippen molar-refractivity contribution in [2.75, 3.05) is 12.0 Å². The highest BCUT2D eigenvalue weighted by atomic mass is 32.2. The molecule has 0 spiro atoms. The van der Waals surface area contributed by atoms with E-state index in [1.54, 1.807) is 0 Å². The van der Waals surface area contributed by atoms with Crippen molar-refractivity contribution in [3.8, 4) is 0 Å². The Balaban J connectivity index is 2.44. The third-order valence-electron chi connectivity index (χ3n) is 1.67. The van der Waals surface area contributed by atoms with E-state index in [2.05, 4.69) is 41.0 Å². The number of rotatable bonds is 4. The Hall–Kier alpha value is -0.440. The van der Waals surface area contributed by atoms with Crippen LogP contribution in [-0.4, -0.2) is 16.6 Å². The molecule has 1 aromatic rings. The van der Waals surface area contributed by atoms with E-state index in [9.17, 15) is 0 Å². The van der Waals surface area contributed by atoms with Gasteiger partial charge in [0.05, 0.1) is 13.1 Å². The highest BCUT2D eigenvalue weighted by Crippen LogP contribution is 1.90. The summed E-state index contributed by atoms with van der Waals surface area (Å²) in [6, 6.07) is 0. The fraction of sp³-hybridized carbons (Fsp3) is 0.625. The van der Waals surface area contributed by atoms with E-state index in [1.807, 2.05) is 11.8 Å². The highest BCUT2D eigenvalue weighted by Gasteiger charge is 1.99. The third kappa shape index (κ3) is 2.58. The third-order valence-corrected chi connectivity index (χ3v) is 2.26. The number of thioether (sulfide) groups is 1. The van der Waals surface area contributed by atoms with Gasteiger partial charge in [0, 0.05) is 5.75 Å². The fourth-order valence-corrected chi connectivity index (χ4v) is 1.35. The summed E-state index contributed by atoms with van der Waals surface area (Å²) in [5.41, 5.74) is 0. The zero-order chi connectivity index (χ0) is 8.10. The molecule has 11 heavy (non-hydrogen) atoms. The smallest absolute Gasteiger partial charge is 0.237 e. The first kappa shape index (κ1) is 8.65. The number of hydrogen-bond donors (Lipinski definition) is 0. The van der Waals surface area contributed by atoms with Crippen LogP contribution < -0.4 is 4.57 Å². The zero-order valence-corrected chi connectivity index (χ0v) is 7.97. The van der Waals surface area contributed by atoms with Gasteiger partial charge in [0.2, 0.25) is 6.33 Å². The lowest BCUT2D eigenvalue weighted by Crippen LogP contribution is -2.32. The number of hydrogen-bond acceptors (Lipinski definition) is 1. The molecule has 3 heteroatoms. The Morgan fingerprint density at radius 1 is 1.55 bits per heavy atom. The lowest BCUT2D eigenvalue weighted by molar-refractivity contribution is -0.691. The summed E-state index contributed by atoms with van der Waals surface area (Å²) in [7, 11) is 0. The van der Waals surface area contributed by atoms with Crippen LogP contribution in [0, 0.1) is 0 Å². The molecule has 1 rings (SSSR count). The van der Waals surface area contributed by atoms with E-state index >= 15 is 0 Å². The maximum atomic E-state index is 2.22. The van der Waals surface area contributed by atoms with Crippen molar-refractivity contribution in [2.24, 2.45) is 0 Å². The molecular formula is C8H15N2S+. The molecule has 1 aromatic heterocycles. The average Bonchev–Trinajstić information content (AvgIpc) is 2.48. The van der Waals surface area contributed by atoms with Crippen molar-refractivity contribution in [1.82, 2.24) is 4.57 Å². The molecule has 0 saturated heterocycles. The summed E-state index contributed by atoms with van der Waals surface area (Å²) in [4.78, 5) is 0. The molecule has 0 aromatic carbocycles. The van der Waals surface area contributed by atoms with Gasteiger partial charge in [-0.15, -0.1) is 0 Å². The Bertz CT molecular complexity index is 208. The second-order valence-electron chi connectivity index (χ2n) is 2.47. The molecule has 1 heterocycles. The van der Waals surface area contributed by atoms with Crippen LogP contribution in [0.4, 0.5) is 0 Å². The van der Waals surface area contributed by atoms with Gasteiger partial charge in [-0.2, -0.15) is 11.8 Å². The van der Waals surface area contributed by atoms with Gasteiger partial charge in [-0.1, -0.05) is 0 Å². The largest absolute Gasteiger partial charge is 0.243 e. The quantitative estimate of drug-likeness (QED) is 0.617. The fourth-order valence-electron chi connectivity index (χ4n) is 0.955. The molecule has 0 aliphatic rings. The minimum Gasteiger partial charge on any atom is -0.237 e. The van der Waals surface area contributed by atoms with Gasteiger partial charge in [0.15, 0.2) is 0 Å². The molecule has 62 valence electrons. The highest BCUT2D eigenvalue weighted by molar-refractivity contribution is 7.98. The van der Waals surface area contributed by atoms with Crippen molar-refractivity contribution in [1.29, 1.82) is 0 Å². The molecule has 0 bridgehead atoms. The first-order valence-electron chi connectivity index (χ1n) is 3.90. The van der Waals surface area contributed by atoms with Gasteiger partial charge >= 0.3 is 0 Å². The maximum absolute atomic E-state index is 2.22. The normalized spacial score (nSPS) is 10.4. The molecular weight excluding hydrogens is 156 g/mol. The number of aromatic nitrogens is 2. The molecule has 0 aliphatic carbocycles. The Morgan fingerprint density at radius 2 is 2.36 bits per heavy atom. The van der Waals surface area contributed by atoms with Crippen LogP contribution in [-0.2, 0) is 13.1 Å². The summed E-state index contributed by atoms with van der Waals surface area (Å²) in [6.07, 6.45) is 8.52. The first-order chi connectivity index (χ1) is 5.36. The van der Waals surface area contributed by atoms with Crippen molar-refractivity contribution in [3.05, 3.63) is 18.7 Å². The van der Waals surface area contributed by atoms with Gasteiger partial charge in [-0.3, -0.25) is 0 Å². The monoisotopic (exact) mass is 171 g/mol. The molecule has 0 unspecified atom stereocenters. The van der Waals surface area contributed by atoms with Crippen LogP contribution in [0.5, 0.6) is 0 Å². The van der Waals surface area contributed by atoms with Crippen molar-refractivity contribution < 1.29 is 4.57 Å². The van der Waals surface area contributed by atoms with Gasteiger partial charge in [-0.25, -0.2) is 9.13 Å². The summed E-state index contributed by atoms with van der Waals surface area (Å²) in [6.45, 7) is 4.33. The first-order valence-corrected chi connectivity index (χ1v) is 5.30. The Kier molecular flexibility index (Phi) is 3.49. The second kappa shape index (κ2) is 4.44. The van der Waals surface area contributed by atoms with Crippen LogP contribution in [0.2, 0.25) is 0 Å². The van der Waals surface area contributed by atoms with Crippen LogP contribution in [0.1, 0.15) is 6.92 Å². The standard InChI is InChI=1S/C8H15N2S/c1-3-9-4-5-10(8-9)6-7-11-2/h4-5,8H,3,6-7H2,1-2H3/q+1. The van der Waals surface area contributed by atoms with E-state index in [4.69, 9.17) is 0 Å². The predicted molar refractivity (Wildman–Crippen MR) is 48.7 cm³/mol. The lowest BCUT2D eigenvalue weighted by Gasteiger charge is -1.91. The van der Waals surface area contributed by atoms with E-state index in [0.717, 1.165) is 13.1 Å². The van der Waals surface area contributed by atoms with E-state index < -0.39 is 0 Å². The van der Waals surface area contributed by atoms with E-state index in [1.165, 1.54) is 5.75 Å². The number of nitrogens with zero attached hydrogens (tertiary/aromatic N) is 2. The molecule has 0 aliphatic heterocycles. The predicted octanol–water partition coefficient (Wildman–Crippen LogP) is 1.16. The van der Waals surface area contributed by atoms with Crippen molar-refractivity contribution in [3.63, 3.8) is 0 Å². The van der Waals surface area contributed by atoms with Gasteiger partial charge < -0.3 is 0 Å². The molecule has 0 radical (unpaired) electrons. The average molecular weight is 171 g/mol. The Labute approximate surface area is 72.2 Å². The summed E-state index contributed by atoms with van der Waals surface area (Å²) >= 11 is 1.88. The minimum absolute atomic E-state index is 1.06. The van der Waals surface area contributed by atoms with Crippen LogP contribution in [0.25, 0.3) is 0 Å². The molecule has 0 atom stereocenters. The SMILES string of the molecule is CCn1cc[n+](CCSC)c1. The van der Waals surface area contributed by atoms with Crippen LogP contribution in [0.15, 0.2) is 18.7 Å². The lowest BCUT2D eigenvalue weighted by atomic mass is 10.7. The van der Waals surface area contributed by atoms with E-state index in [-0.39, 0.29) is 0 Å². The number of imidazole rings is 1. The van der Waals surface area contributed by atoms with Gasteiger partial charge in [-0.05, 0) is 13.2 Å². The summed E-state index contributed by atoms with van der Waals surface area (Å²) < 4.78 is 4.40. The summed E-state index contributed by atoms with van der Waals surface area (Å²) in [5.74, 6) is 1.19. The van der Waals surface area contributed by atoms with Gasteiger partial charge in [0.1, 0.15) is 12.4 Å². The van der Waals surface area contributed by atoms with E-state index in [0.29, 0.717) is 0 Å². The number of aryl methyl sites for hydroxylation is 2. The molecule has 2 nitrogen and oxygen atoms in total. The molecule has 0 saturated carbocycles. The van der Waals surface area contributed by atoms with Crippen molar-refractivity contribution in [2.45, 2.75) is 20.0 Å². The summed E-state index contributed by atoms with van der Waals surface area (Å²) in [5, 5.41) is 0. The van der Waals surface area contributed by atoms with Crippen molar-refractivity contribution >= 4 is 11.8 Å². The van der Waals surface area contributed by atoms with Crippen LogP contribution >= 0.6 is 11.8 Å². The zero-order valence-electron chi connectivity index (χ0n) is 7.16. The molecule has 0 N–H and O–H groups in total. The topological polar surface area (TPSA) is 8.81 Å². The molecule has 0 fully saturated rings. The van der Waals surface area contributed by atoms with Gasteiger partial charge in [0.25, 0.3) is 0 Å². The second-order valence-corrected chi connectivity index (χ2v) is 3.46. The maximum Gasteiger partial charge on any atom is 0.243 e. The minimum atomic E-state index is 1.06. The van der Waals surface area contributed by atoms with Crippen LogP contribution in [0.3, 0.4) is 0 Å². The Morgan fingerprint density at radius 3 is 2.91 bits per heavy atom. The molecule has 0 amide bonds.